The third kappa shape index (κ3) is 2.65. The summed E-state index contributed by atoms with van der Waals surface area (Å²) in [5, 5.41) is 13.1. The van der Waals surface area contributed by atoms with Crippen LogP contribution in [-0.2, 0) is 11.3 Å². The Balaban J connectivity index is 1.79. The maximum atomic E-state index is 12.4. The number of carbonyl (C=O) groups excluding carboxylic acids is 1. The summed E-state index contributed by atoms with van der Waals surface area (Å²) in [4.78, 5) is 28.2. The molecule has 0 aliphatic carbocycles. The van der Waals surface area contributed by atoms with Crippen LogP contribution in [0.15, 0.2) is 54.6 Å². The average molecular weight is 335 g/mol. The van der Waals surface area contributed by atoms with E-state index in [2.05, 4.69) is 4.98 Å². The summed E-state index contributed by atoms with van der Waals surface area (Å²) < 4.78 is 5.35. The minimum absolute atomic E-state index is 0.114. The van der Waals surface area contributed by atoms with Gasteiger partial charge in [-0.2, -0.15) is 0 Å². The number of anilines is 1. The minimum Gasteiger partial charge on any atom is -0.477 e. The van der Waals surface area contributed by atoms with Crippen molar-refractivity contribution in [3.63, 3.8) is 0 Å². The Hall–Kier alpha value is -3.48. The fourth-order valence-electron chi connectivity index (χ4n) is 2.93. The number of nitro groups is 1. The molecule has 1 amide bonds. The average Bonchev–Trinajstić information content (AvgIpc) is 2.63. The Morgan fingerprint density at radius 3 is 2.76 bits per heavy atom. The SMILES string of the molecule is O=C1COc2ccc([N+](=O)[O-])nc2N1Cc1cccc2ccccc12. The fourth-order valence-corrected chi connectivity index (χ4v) is 2.93. The van der Waals surface area contributed by atoms with E-state index in [0.29, 0.717) is 5.75 Å². The molecule has 0 unspecified atom stereocenters. The molecule has 4 rings (SSSR count). The maximum Gasteiger partial charge on any atom is 0.366 e. The first kappa shape index (κ1) is 15.1. The molecule has 0 N–H and O–H groups in total. The van der Waals surface area contributed by atoms with E-state index in [4.69, 9.17) is 4.74 Å². The van der Waals surface area contributed by atoms with Crippen molar-refractivity contribution in [1.29, 1.82) is 0 Å². The van der Waals surface area contributed by atoms with Gasteiger partial charge in [-0.25, -0.2) is 0 Å². The molecule has 0 radical (unpaired) electrons. The Bertz CT molecular complexity index is 997. The van der Waals surface area contributed by atoms with Crippen molar-refractivity contribution >= 4 is 28.3 Å². The Morgan fingerprint density at radius 1 is 1.12 bits per heavy atom. The third-order valence-electron chi connectivity index (χ3n) is 4.13. The van der Waals surface area contributed by atoms with Crippen molar-refractivity contribution in [3.05, 3.63) is 70.3 Å². The van der Waals surface area contributed by atoms with Crippen LogP contribution in [0.5, 0.6) is 5.75 Å². The molecule has 7 heteroatoms. The van der Waals surface area contributed by atoms with Crippen molar-refractivity contribution in [2.75, 3.05) is 11.5 Å². The second-order valence-corrected chi connectivity index (χ2v) is 5.66. The van der Waals surface area contributed by atoms with Gasteiger partial charge in [0.1, 0.15) is 0 Å². The van der Waals surface area contributed by atoms with Gasteiger partial charge in [0, 0.05) is 6.07 Å². The van der Waals surface area contributed by atoms with E-state index in [1.54, 1.807) is 0 Å². The second-order valence-electron chi connectivity index (χ2n) is 5.66. The van der Waals surface area contributed by atoms with Gasteiger partial charge in [0.05, 0.1) is 6.54 Å². The first-order valence-corrected chi connectivity index (χ1v) is 7.69. The van der Waals surface area contributed by atoms with Crippen molar-refractivity contribution < 1.29 is 14.5 Å². The Kier molecular flexibility index (Phi) is 3.53. The maximum absolute atomic E-state index is 12.4. The zero-order valence-electron chi connectivity index (χ0n) is 13.1. The van der Waals surface area contributed by atoms with Gasteiger partial charge in [0.25, 0.3) is 11.7 Å². The Labute approximate surface area is 142 Å². The van der Waals surface area contributed by atoms with Gasteiger partial charge >= 0.3 is 5.82 Å². The number of rotatable bonds is 3. The molecule has 0 spiro atoms. The number of amides is 1. The predicted molar refractivity (Wildman–Crippen MR) is 91.5 cm³/mol. The number of pyridine rings is 1. The molecule has 1 aliphatic rings. The van der Waals surface area contributed by atoms with Crippen LogP contribution in [0.4, 0.5) is 11.6 Å². The van der Waals surface area contributed by atoms with Gasteiger partial charge in [0.2, 0.25) is 0 Å². The Morgan fingerprint density at radius 2 is 1.92 bits per heavy atom. The minimum atomic E-state index is -0.588. The molecular formula is C18H13N3O4. The van der Waals surface area contributed by atoms with Gasteiger partial charge in [0.15, 0.2) is 12.4 Å². The molecule has 7 nitrogen and oxygen atoms in total. The number of benzene rings is 2. The predicted octanol–water partition coefficient (Wildman–Crippen LogP) is 3.07. The number of ether oxygens (including phenoxy) is 1. The van der Waals surface area contributed by atoms with Crippen LogP contribution in [0.25, 0.3) is 10.8 Å². The monoisotopic (exact) mass is 335 g/mol. The van der Waals surface area contributed by atoms with Gasteiger partial charge in [-0.1, -0.05) is 42.5 Å². The highest BCUT2D eigenvalue weighted by molar-refractivity contribution is 5.97. The smallest absolute Gasteiger partial charge is 0.366 e. The molecule has 0 bridgehead atoms. The first-order valence-electron chi connectivity index (χ1n) is 7.69. The molecule has 124 valence electrons. The molecule has 1 aromatic heterocycles. The molecule has 0 fully saturated rings. The number of carbonyl (C=O) groups is 1. The largest absolute Gasteiger partial charge is 0.477 e. The van der Waals surface area contributed by atoms with Gasteiger partial charge in [-0.05, 0) is 32.3 Å². The zero-order valence-corrected chi connectivity index (χ0v) is 13.1. The number of nitrogens with zero attached hydrogens (tertiary/aromatic N) is 3. The lowest BCUT2D eigenvalue weighted by atomic mass is 10.0. The number of hydrogen-bond donors (Lipinski definition) is 0. The van der Waals surface area contributed by atoms with Crippen molar-refractivity contribution in [1.82, 2.24) is 4.98 Å². The normalized spacial score (nSPS) is 13.4. The van der Waals surface area contributed by atoms with Gasteiger partial charge in [-0.3, -0.25) is 9.69 Å². The number of fused-ring (bicyclic) bond motifs is 2. The molecule has 3 aromatic rings. The fraction of sp³-hybridized carbons (Fsp3) is 0.111. The lowest BCUT2D eigenvalue weighted by Crippen LogP contribution is -2.39. The highest BCUT2D eigenvalue weighted by atomic mass is 16.6. The van der Waals surface area contributed by atoms with E-state index in [0.717, 1.165) is 16.3 Å². The molecule has 1 aliphatic heterocycles. The van der Waals surface area contributed by atoms with Crippen LogP contribution in [0.1, 0.15) is 5.56 Å². The van der Waals surface area contributed by atoms with E-state index >= 15 is 0 Å². The zero-order chi connectivity index (χ0) is 17.4. The van der Waals surface area contributed by atoms with Crippen LogP contribution in [0, 0.1) is 10.1 Å². The third-order valence-corrected chi connectivity index (χ3v) is 4.13. The molecule has 0 saturated carbocycles. The number of aromatic nitrogens is 1. The first-order chi connectivity index (χ1) is 12.1. The summed E-state index contributed by atoms with van der Waals surface area (Å²) in [6.45, 7) is 0.155. The van der Waals surface area contributed by atoms with Crippen LogP contribution in [-0.4, -0.2) is 22.4 Å². The van der Waals surface area contributed by atoms with Crippen molar-refractivity contribution in [3.8, 4) is 5.75 Å². The van der Waals surface area contributed by atoms with Crippen LogP contribution in [0.3, 0.4) is 0 Å². The summed E-state index contributed by atoms with van der Waals surface area (Å²) in [5.74, 6) is -0.0581. The summed E-state index contributed by atoms with van der Waals surface area (Å²) in [5.41, 5.74) is 0.938. The standard InChI is InChI=1S/C18H13N3O4/c22-17-11-25-15-8-9-16(21(23)24)19-18(15)20(17)10-13-6-3-5-12-4-1-2-7-14(12)13/h1-9H,10-11H2. The molecule has 2 aromatic carbocycles. The summed E-state index contributed by atoms with van der Waals surface area (Å²) in [6, 6.07) is 16.5. The summed E-state index contributed by atoms with van der Waals surface area (Å²) >= 11 is 0. The van der Waals surface area contributed by atoms with Crippen LogP contribution < -0.4 is 9.64 Å². The molecule has 25 heavy (non-hydrogen) atoms. The second kappa shape index (κ2) is 5.86. The molecular weight excluding hydrogens is 322 g/mol. The highest BCUT2D eigenvalue weighted by Crippen LogP contribution is 2.33. The summed E-state index contributed by atoms with van der Waals surface area (Å²) in [7, 11) is 0. The van der Waals surface area contributed by atoms with E-state index in [9.17, 15) is 14.9 Å². The lowest BCUT2D eigenvalue weighted by molar-refractivity contribution is -0.389. The van der Waals surface area contributed by atoms with Crippen LogP contribution >= 0.6 is 0 Å². The van der Waals surface area contributed by atoms with E-state index < -0.39 is 4.92 Å². The molecule has 0 saturated heterocycles. The summed E-state index contributed by atoms with van der Waals surface area (Å²) in [6.07, 6.45) is 0. The molecule has 2 heterocycles. The van der Waals surface area contributed by atoms with Gasteiger partial charge in [-0.15, -0.1) is 0 Å². The van der Waals surface area contributed by atoms with Crippen LogP contribution in [0.2, 0.25) is 0 Å². The van der Waals surface area contributed by atoms with Crippen molar-refractivity contribution in [2.24, 2.45) is 0 Å². The van der Waals surface area contributed by atoms with E-state index in [1.165, 1.54) is 17.0 Å². The highest BCUT2D eigenvalue weighted by Gasteiger charge is 2.32. The van der Waals surface area contributed by atoms with E-state index in [1.807, 2.05) is 42.5 Å². The molecule has 0 atom stereocenters. The van der Waals surface area contributed by atoms with E-state index in [-0.39, 0.29) is 30.7 Å². The quantitative estimate of drug-likeness (QED) is 0.542. The topological polar surface area (TPSA) is 85.6 Å². The number of hydrogen-bond acceptors (Lipinski definition) is 5. The van der Waals surface area contributed by atoms with Crippen molar-refractivity contribution in [2.45, 2.75) is 6.54 Å². The van der Waals surface area contributed by atoms with Gasteiger partial charge < -0.3 is 14.9 Å². The lowest BCUT2D eigenvalue weighted by Gasteiger charge is -2.25.